The number of unbranched alkanes of at least 4 members (excludes halogenated alkanes) is 1. The highest BCUT2D eigenvalue weighted by atomic mass is 16.5. The minimum atomic E-state index is -0.464. The second-order valence-electron chi connectivity index (χ2n) is 8.38. The second-order valence-corrected chi connectivity index (χ2v) is 8.38. The average Bonchev–Trinajstić information content (AvgIpc) is 2.90. The van der Waals surface area contributed by atoms with Gasteiger partial charge in [-0.05, 0) is 66.6 Å². The summed E-state index contributed by atoms with van der Waals surface area (Å²) in [6.07, 6.45) is 3.54. The van der Waals surface area contributed by atoms with E-state index in [0.29, 0.717) is 29.0 Å². The number of hydrogen-bond donors (Lipinski definition) is 1. The number of nitrogens with one attached hydrogen (secondary N) is 1. The Hall–Kier alpha value is -4.45. The first kappa shape index (κ1) is 24.7. The molecule has 0 bridgehead atoms. The van der Waals surface area contributed by atoms with E-state index in [0.717, 1.165) is 34.9 Å². The SMILES string of the molecule is CCCCOc1ccc(C(=O)N/N=C/c2c(OC(=O)c3cccc(C)c3)ccc3ccccc23)cc1. The number of aryl methyl sites for hydroxylation is 1. The summed E-state index contributed by atoms with van der Waals surface area (Å²) < 4.78 is 11.4. The van der Waals surface area contributed by atoms with E-state index in [4.69, 9.17) is 9.47 Å². The molecule has 0 saturated carbocycles. The normalized spacial score (nSPS) is 10.9. The molecule has 0 unspecified atom stereocenters. The van der Waals surface area contributed by atoms with Crippen LogP contribution in [-0.4, -0.2) is 24.7 Å². The fraction of sp³-hybridized carbons (Fsp3) is 0.167. The number of benzene rings is 4. The maximum Gasteiger partial charge on any atom is 0.343 e. The molecule has 0 fully saturated rings. The third kappa shape index (κ3) is 6.16. The molecular formula is C30H28N2O4. The van der Waals surface area contributed by atoms with Crippen LogP contribution in [0.4, 0.5) is 0 Å². The third-order valence-corrected chi connectivity index (χ3v) is 5.63. The number of esters is 1. The number of amides is 1. The van der Waals surface area contributed by atoms with Crippen molar-refractivity contribution < 1.29 is 19.1 Å². The first-order chi connectivity index (χ1) is 17.5. The van der Waals surface area contributed by atoms with Gasteiger partial charge in [0.15, 0.2) is 0 Å². The summed E-state index contributed by atoms with van der Waals surface area (Å²) in [5, 5.41) is 5.96. The van der Waals surface area contributed by atoms with Gasteiger partial charge in [0.2, 0.25) is 0 Å². The Labute approximate surface area is 210 Å². The van der Waals surface area contributed by atoms with E-state index in [1.165, 1.54) is 6.21 Å². The van der Waals surface area contributed by atoms with E-state index in [1.807, 2.05) is 49.4 Å². The van der Waals surface area contributed by atoms with Gasteiger partial charge in [-0.15, -0.1) is 0 Å². The lowest BCUT2D eigenvalue weighted by Gasteiger charge is -2.11. The number of rotatable bonds is 9. The summed E-state index contributed by atoms with van der Waals surface area (Å²) in [6, 6.07) is 25.5. The largest absolute Gasteiger partial charge is 0.494 e. The summed E-state index contributed by atoms with van der Waals surface area (Å²) in [6.45, 7) is 4.67. The molecule has 0 aliphatic carbocycles. The van der Waals surface area contributed by atoms with Crippen molar-refractivity contribution in [3.63, 3.8) is 0 Å². The van der Waals surface area contributed by atoms with Crippen molar-refractivity contribution in [1.29, 1.82) is 0 Å². The zero-order valence-corrected chi connectivity index (χ0v) is 20.4. The van der Waals surface area contributed by atoms with Gasteiger partial charge in [-0.3, -0.25) is 4.79 Å². The van der Waals surface area contributed by atoms with Crippen LogP contribution in [0.3, 0.4) is 0 Å². The van der Waals surface area contributed by atoms with Crippen molar-refractivity contribution in [2.75, 3.05) is 6.61 Å². The van der Waals surface area contributed by atoms with E-state index in [9.17, 15) is 9.59 Å². The molecule has 0 spiro atoms. The van der Waals surface area contributed by atoms with Gasteiger partial charge in [-0.2, -0.15) is 5.10 Å². The Morgan fingerprint density at radius 2 is 1.72 bits per heavy atom. The monoisotopic (exact) mass is 480 g/mol. The summed E-state index contributed by atoms with van der Waals surface area (Å²) in [7, 11) is 0. The van der Waals surface area contributed by atoms with Gasteiger partial charge < -0.3 is 9.47 Å². The van der Waals surface area contributed by atoms with E-state index in [-0.39, 0.29) is 5.91 Å². The summed E-state index contributed by atoms with van der Waals surface area (Å²) in [5.74, 6) is 0.255. The Morgan fingerprint density at radius 1 is 0.917 bits per heavy atom. The molecule has 0 aliphatic rings. The molecule has 6 heteroatoms. The van der Waals surface area contributed by atoms with Crippen molar-refractivity contribution in [3.8, 4) is 11.5 Å². The van der Waals surface area contributed by atoms with Gasteiger partial charge in [0.25, 0.3) is 5.91 Å². The number of carbonyl (C=O) groups excluding carboxylic acids is 2. The fourth-order valence-corrected chi connectivity index (χ4v) is 3.69. The van der Waals surface area contributed by atoms with Crippen molar-refractivity contribution in [1.82, 2.24) is 5.43 Å². The minimum absolute atomic E-state index is 0.354. The van der Waals surface area contributed by atoms with Gasteiger partial charge >= 0.3 is 5.97 Å². The number of carbonyl (C=O) groups is 2. The van der Waals surface area contributed by atoms with Gasteiger partial charge in [-0.25, -0.2) is 10.2 Å². The molecular weight excluding hydrogens is 452 g/mol. The van der Waals surface area contributed by atoms with Crippen LogP contribution in [0.5, 0.6) is 11.5 Å². The maximum absolute atomic E-state index is 12.8. The molecule has 4 rings (SSSR count). The highest BCUT2D eigenvalue weighted by molar-refractivity contribution is 6.04. The van der Waals surface area contributed by atoms with E-state index in [1.54, 1.807) is 42.5 Å². The molecule has 1 N–H and O–H groups in total. The van der Waals surface area contributed by atoms with Crippen LogP contribution in [0.1, 0.15) is 51.6 Å². The predicted octanol–water partition coefficient (Wildman–Crippen LogP) is 6.31. The quantitative estimate of drug-likeness (QED) is 0.100. The molecule has 182 valence electrons. The maximum atomic E-state index is 12.8. The molecule has 0 aliphatic heterocycles. The van der Waals surface area contributed by atoms with Crippen LogP contribution in [0.15, 0.2) is 90.0 Å². The Morgan fingerprint density at radius 3 is 2.50 bits per heavy atom. The molecule has 4 aromatic carbocycles. The van der Waals surface area contributed by atoms with Crippen molar-refractivity contribution in [2.24, 2.45) is 5.10 Å². The molecule has 0 aromatic heterocycles. The van der Waals surface area contributed by atoms with Crippen molar-refractivity contribution in [2.45, 2.75) is 26.7 Å². The number of nitrogens with zero attached hydrogens (tertiary/aromatic N) is 1. The number of hydrazone groups is 1. The first-order valence-electron chi connectivity index (χ1n) is 11.9. The Bertz CT molecular complexity index is 1390. The topological polar surface area (TPSA) is 77.0 Å². The lowest BCUT2D eigenvalue weighted by atomic mass is 10.0. The van der Waals surface area contributed by atoms with Crippen LogP contribution >= 0.6 is 0 Å². The van der Waals surface area contributed by atoms with E-state index < -0.39 is 5.97 Å². The lowest BCUT2D eigenvalue weighted by Crippen LogP contribution is -2.17. The smallest absolute Gasteiger partial charge is 0.343 e. The molecule has 1 amide bonds. The third-order valence-electron chi connectivity index (χ3n) is 5.63. The van der Waals surface area contributed by atoms with Crippen LogP contribution in [0.25, 0.3) is 10.8 Å². The van der Waals surface area contributed by atoms with Crippen LogP contribution in [0.2, 0.25) is 0 Å². The Balaban J connectivity index is 1.52. The van der Waals surface area contributed by atoms with E-state index >= 15 is 0 Å². The van der Waals surface area contributed by atoms with Gasteiger partial charge in [0.05, 0.1) is 18.4 Å². The fourth-order valence-electron chi connectivity index (χ4n) is 3.69. The summed E-state index contributed by atoms with van der Waals surface area (Å²) in [5.41, 5.74) is 5.03. The lowest BCUT2D eigenvalue weighted by molar-refractivity contribution is 0.0734. The highest BCUT2D eigenvalue weighted by Gasteiger charge is 2.14. The van der Waals surface area contributed by atoms with Crippen molar-refractivity contribution >= 4 is 28.9 Å². The molecule has 0 saturated heterocycles. The van der Waals surface area contributed by atoms with E-state index in [2.05, 4.69) is 17.5 Å². The minimum Gasteiger partial charge on any atom is -0.494 e. The number of hydrogen-bond acceptors (Lipinski definition) is 5. The summed E-state index contributed by atoms with van der Waals surface area (Å²) in [4.78, 5) is 25.4. The number of ether oxygens (including phenoxy) is 2. The number of fused-ring (bicyclic) bond motifs is 1. The second kappa shape index (κ2) is 11.8. The van der Waals surface area contributed by atoms with Crippen molar-refractivity contribution in [3.05, 3.63) is 107 Å². The molecule has 0 atom stereocenters. The standard InChI is InChI=1S/C30H28N2O4/c1-3-4-18-35-25-15-12-23(13-16-25)29(33)32-31-20-27-26-11-6-5-9-22(26)14-17-28(27)36-30(34)24-10-7-8-21(2)19-24/h5-17,19-20H,3-4,18H2,1-2H3,(H,32,33)/b31-20+. The van der Waals surface area contributed by atoms with Gasteiger partial charge in [0, 0.05) is 11.1 Å². The molecule has 6 nitrogen and oxygen atoms in total. The molecule has 4 aromatic rings. The predicted molar refractivity (Wildman–Crippen MR) is 142 cm³/mol. The average molecular weight is 481 g/mol. The van der Waals surface area contributed by atoms with Gasteiger partial charge in [0.1, 0.15) is 11.5 Å². The molecule has 36 heavy (non-hydrogen) atoms. The highest BCUT2D eigenvalue weighted by Crippen LogP contribution is 2.27. The van der Waals surface area contributed by atoms with Gasteiger partial charge in [-0.1, -0.05) is 61.4 Å². The summed E-state index contributed by atoms with van der Waals surface area (Å²) >= 11 is 0. The zero-order chi connectivity index (χ0) is 25.3. The Kier molecular flexibility index (Phi) is 8.08. The first-order valence-corrected chi connectivity index (χ1v) is 11.9. The van der Waals surface area contributed by atoms with Crippen LogP contribution < -0.4 is 14.9 Å². The van der Waals surface area contributed by atoms with Crippen LogP contribution in [-0.2, 0) is 0 Å². The molecule has 0 heterocycles. The van der Waals surface area contributed by atoms with Crippen LogP contribution in [0, 0.1) is 6.92 Å². The zero-order valence-electron chi connectivity index (χ0n) is 20.4. The molecule has 0 radical (unpaired) electrons.